The van der Waals surface area contributed by atoms with Gasteiger partial charge >= 0.3 is 6.03 Å². The Balaban J connectivity index is 1.34. The number of likely N-dealkylation sites (tertiary alicyclic amines) is 1. The molecule has 3 heterocycles. The van der Waals surface area contributed by atoms with E-state index in [2.05, 4.69) is 5.32 Å². The van der Waals surface area contributed by atoms with Gasteiger partial charge in [0, 0.05) is 38.9 Å². The van der Waals surface area contributed by atoms with Gasteiger partial charge in [-0.25, -0.2) is 4.79 Å². The van der Waals surface area contributed by atoms with Gasteiger partial charge in [-0.3, -0.25) is 19.3 Å². The maximum atomic E-state index is 12.7. The second kappa shape index (κ2) is 7.11. The molecule has 4 rings (SSSR count). The quantitative estimate of drug-likeness (QED) is 0.765. The van der Waals surface area contributed by atoms with Gasteiger partial charge in [-0.2, -0.15) is 0 Å². The summed E-state index contributed by atoms with van der Waals surface area (Å²) in [6.45, 7) is 6.27. The number of nitrogens with zero attached hydrogens (tertiary/aromatic N) is 2. The predicted molar refractivity (Wildman–Crippen MR) is 108 cm³/mol. The summed E-state index contributed by atoms with van der Waals surface area (Å²) in [4.78, 5) is 52.4. The molecule has 8 heteroatoms. The number of ether oxygens (including phenoxy) is 1. The van der Waals surface area contributed by atoms with E-state index in [1.807, 2.05) is 25.1 Å². The number of benzene rings is 1. The SMILES string of the molecule is Cc1ccc2c(c1)C(=O)CC1(CCN(C(=O)CCN3C(=O)NC(C)(C)C3=O)CC1)O2. The number of hydrogen-bond donors (Lipinski definition) is 1. The molecule has 1 spiro atoms. The number of hydrogen-bond acceptors (Lipinski definition) is 5. The smallest absolute Gasteiger partial charge is 0.325 e. The third-order valence-corrected chi connectivity index (χ3v) is 6.27. The molecule has 160 valence electrons. The molecule has 3 aliphatic heterocycles. The van der Waals surface area contributed by atoms with Crippen LogP contribution in [0.2, 0.25) is 0 Å². The predicted octanol–water partition coefficient (Wildman–Crippen LogP) is 2.04. The molecule has 0 radical (unpaired) electrons. The van der Waals surface area contributed by atoms with Gasteiger partial charge < -0.3 is 15.0 Å². The lowest BCUT2D eigenvalue weighted by atomic mass is 9.82. The zero-order valence-corrected chi connectivity index (χ0v) is 17.6. The van der Waals surface area contributed by atoms with E-state index in [0.717, 1.165) is 10.5 Å². The first-order chi connectivity index (χ1) is 14.1. The average molecular weight is 413 g/mol. The molecule has 30 heavy (non-hydrogen) atoms. The number of aryl methyl sites for hydroxylation is 1. The number of amides is 4. The maximum Gasteiger partial charge on any atom is 0.325 e. The van der Waals surface area contributed by atoms with Crippen molar-refractivity contribution in [1.82, 2.24) is 15.1 Å². The van der Waals surface area contributed by atoms with Crippen LogP contribution in [0.3, 0.4) is 0 Å². The fourth-order valence-electron chi connectivity index (χ4n) is 4.44. The highest BCUT2D eigenvalue weighted by Crippen LogP contribution is 2.39. The van der Waals surface area contributed by atoms with Crippen LogP contribution in [0.5, 0.6) is 5.75 Å². The van der Waals surface area contributed by atoms with E-state index in [0.29, 0.717) is 43.7 Å². The highest BCUT2D eigenvalue weighted by atomic mass is 16.5. The van der Waals surface area contributed by atoms with E-state index >= 15 is 0 Å². The van der Waals surface area contributed by atoms with E-state index in [1.165, 1.54) is 0 Å². The van der Waals surface area contributed by atoms with E-state index in [1.54, 1.807) is 18.7 Å². The zero-order chi connectivity index (χ0) is 21.7. The second-order valence-electron chi connectivity index (χ2n) is 9.03. The van der Waals surface area contributed by atoms with Crippen LogP contribution >= 0.6 is 0 Å². The van der Waals surface area contributed by atoms with Gasteiger partial charge in [0.1, 0.15) is 16.9 Å². The summed E-state index contributed by atoms with van der Waals surface area (Å²) in [7, 11) is 0. The van der Waals surface area contributed by atoms with Crippen molar-refractivity contribution in [2.45, 2.75) is 57.6 Å². The Hall–Kier alpha value is -2.90. The molecule has 1 aromatic carbocycles. The Bertz CT molecular complexity index is 931. The summed E-state index contributed by atoms with van der Waals surface area (Å²) in [5.41, 5.74) is 0.161. The summed E-state index contributed by atoms with van der Waals surface area (Å²) in [6.07, 6.45) is 1.56. The van der Waals surface area contributed by atoms with Crippen molar-refractivity contribution in [1.29, 1.82) is 0 Å². The van der Waals surface area contributed by atoms with Gasteiger partial charge in [0.2, 0.25) is 5.91 Å². The first-order valence-corrected chi connectivity index (χ1v) is 10.4. The van der Waals surface area contributed by atoms with Crippen LogP contribution in [0.25, 0.3) is 0 Å². The van der Waals surface area contributed by atoms with E-state index < -0.39 is 17.2 Å². The van der Waals surface area contributed by atoms with Gasteiger partial charge in [0.25, 0.3) is 5.91 Å². The maximum absolute atomic E-state index is 12.7. The van der Waals surface area contributed by atoms with Crippen LogP contribution in [0.4, 0.5) is 4.79 Å². The number of rotatable bonds is 3. The Morgan fingerprint density at radius 3 is 2.50 bits per heavy atom. The summed E-state index contributed by atoms with van der Waals surface area (Å²) >= 11 is 0. The number of ketones is 1. The first kappa shape index (κ1) is 20.4. The van der Waals surface area contributed by atoms with Crippen molar-refractivity contribution in [2.75, 3.05) is 19.6 Å². The topological polar surface area (TPSA) is 96.0 Å². The first-order valence-electron chi connectivity index (χ1n) is 10.4. The number of fused-ring (bicyclic) bond motifs is 1. The lowest BCUT2D eigenvalue weighted by Crippen LogP contribution is -2.52. The number of carbonyl (C=O) groups excluding carboxylic acids is 4. The molecule has 0 aliphatic carbocycles. The Morgan fingerprint density at radius 2 is 1.87 bits per heavy atom. The third kappa shape index (κ3) is 3.55. The van der Waals surface area contributed by atoms with Gasteiger partial charge in [-0.15, -0.1) is 0 Å². The molecule has 3 aliphatic rings. The number of imide groups is 1. The van der Waals surface area contributed by atoms with Crippen LogP contribution in [0.15, 0.2) is 18.2 Å². The number of urea groups is 1. The second-order valence-corrected chi connectivity index (χ2v) is 9.03. The zero-order valence-electron chi connectivity index (χ0n) is 17.6. The Kier molecular flexibility index (Phi) is 4.83. The number of nitrogens with one attached hydrogen (secondary N) is 1. The van der Waals surface area contributed by atoms with Crippen LogP contribution in [-0.2, 0) is 9.59 Å². The molecule has 2 fully saturated rings. The van der Waals surface area contributed by atoms with Gasteiger partial charge in [-0.1, -0.05) is 11.6 Å². The van der Waals surface area contributed by atoms with Crippen molar-refractivity contribution in [3.05, 3.63) is 29.3 Å². The van der Waals surface area contributed by atoms with Gasteiger partial charge in [-0.05, 0) is 32.9 Å². The van der Waals surface area contributed by atoms with E-state index in [9.17, 15) is 19.2 Å². The lowest BCUT2D eigenvalue weighted by Gasteiger charge is -2.44. The highest BCUT2D eigenvalue weighted by molar-refractivity contribution is 6.06. The van der Waals surface area contributed by atoms with Gasteiger partial charge in [0.05, 0.1) is 12.0 Å². The minimum absolute atomic E-state index is 0.0658. The third-order valence-electron chi connectivity index (χ3n) is 6.27. The number of piperidine rings is 1. The van der Waals surface area contributed by atoms with Gasteiger partial charge in [0.15, 0.2) is 5.78 Å². The minimum Gasteiger partial charge on any atom is -0.486 e. The minimum atomic E-state index is -0.933. The average Bonchev–Trinajstić information content (AvgIpc) is 2.88. The van der Waals surface area contributed by atoms with Crippen molar-refractivity contribution in [3.8, 4) is 5.75 Å². The Labute approximate surface area is 175 Å². The molecule has 2 saturated heterocycles. The van der Waals surface area contributed by atoms with E-state index in [4.69, 9.17) is 4.74 Å². The molecule has 0 unspecified atom stereocenters. The standard InChI is InChI=1S/C22H27N3O5/c1-14-4-5-17-15(12-14)16(26)13-22(30-17)7-10-24(11-8-22)18(27)6-9-25-19(28)21(2,3)23-20(25)29/h4-5,12H,6-11,13H2,1-3H3,(H,23,29). The molecule has 0 saturated carbocycles. The number of carbonyl (C=O) groups is 4. The summed E-state index contributed by atoms with van der Waals surface area (Å²) in [5, 5.41) is 2.61. The van der Waals surface area contributed by atoms with Crippen molar-refractivity contribution in [2.24, 2.45) is 0 Å². The molecule has 8 nitrogen and oxygen atoms in total. The molecule has 0 bridgehead atoms. The monoisotopic (exact) mass is 413 g/mol. The van der Waals surface area contributed by atoms with Crippen LogP contribution in [0, 0.1) is 6.92 Å². The van der Waals surface area contributed by atoms with Crippen molar-refractivity contribution in [3.63, 3.8) is 0 Å². The molecule has 1 N–H and O–H groups in total. The van der Waals surface area contributed by atoms with Crippen LogP contribution in [-0.4, -0.2) is 64.2 Å². The number of Topliss-reactive ketones (excluding diaryl/α,β-unsaturated/α-hetero) is 1. The summed E-state index contributed by atoms with van der Waals surface area (Å²) in [5.74, 6) is 0.285. The lowest BCUT2D eigenvalue weighted by molar-refractivity contribution is -0.135. The van der Waals surface area contributed by atoms with Crippen LogP contribution < -0.4 is 10.1 Å². The molecule has 0 aromatic heterocycles. The van der Waals surface area contributed by atoms with Crippen LogP contribution in [0.1, 0.15) is 55.5 Å². The molecular formula is C22H27N3O5. The van der Waals surface area contributed by atoms with Crippen molar-refractivity contribution < 1.29 is 23.9 Å². The molecule has 4 amide bonds. The fourth-order valence-corrected chi connectivity index (χ4v) is 4.44. The Morgan fingerprint density at radius 1 is 1.17 bits per heavy atom. The largest absolute Gasteiger partial charge is 0.486 e. The normalized spacial score (nSPS) is 22.0. The van der Waals surface area contributed by atoms with E-state index in [-0.39, 0.29) is 30.6 Å². The fraction of sp³-hybridized carbons (Fsp3) is 0.545. The summed E-state index contributed by atoms with van der Waals surface area (Å²) < 4.78 is 6.24. The molecule has 1 aromatic rings. The summed E-state index contributed by atoms with van der Waals surface area (Å²) in [6, 6.07) is 5.18. The molecular weight excluding hydrogens is 386 g/mol. The van der Waals surface area contributed by atoms with Crippen molar-refractivity contribution >= 4 is 23.6 Å². The molecule has 0 atom stereocenters. The highest BCUT2D eigenvalue weighted by Gasteiger charge is 2.45.